The SMILES string of the molecule is C=C/C=C\C(=C/C)c1csc(NC(=O)C2(c3ccc(-c4cnc(N)nc4)cc3)CCC2)n1. The van der Waals surface area contributed by atoms with Gasteiger partial charge in [-0.2, -0.15) is 0 Å². The molecule has 1 aliphatic rings. The maximum Gasteiger partial charge on any atom is 0.236 e. The van der Waals surface area contributed by atoms with Crippen LogP contribution in [0.2, 0.25) is 0 Å². The van der Waals surface area contributed by atoms with E-state index in [-0.39, 0.29) is 11.9 Å². The minimum absolute atomic E-state index is 0.00289. The summed E-state index contributed by atoms with van der Waals surface area (Å²) in [4.78, 5) is 26.0. The first-order valence-electron chi connectivity index (χ1n) is 10.5. The number of amides is 1. The Hall–Kier alpha value is -3.58. The molecule has 1 amide bonds. The van der Waals surface area contributed by atoms with Gasteiger partial charge in [0.1, 0.15) is 0 Å². The van der Waals surface area contributed by atoms with Crippen LogP contribution in [0.5, 0.6) is 0 Å². The molecule has 0 aliphatic heterocycles. The van der Waals surface area contributed by atoms with Gasteiger partial charge >= 0.3 is 0 Å². The van der Waals surface area contributed by atoms with Crippen LogP contribution in [0.15, 0.2) is 72.9 Å². The molecule has 0 saturated heterocycles. The highest BCUT2D eigenvalue weighted by Gasteiger charge is 2.45. The average molecular weight is 444 g/mol. The molecule has 1 aromatic carbocycles. The van der Waals surface area contributed by atoms with Gasteiger partial charge < -0.3 is 11.1 Å². The van der Waals surface area contributed by atoms with Crippen LogP contribution in [0.25, 0.3) is 16.7 Å². The summed E-state index contributed by atoms with van der Waals surface area (Å²) in [6.45, 7) is 5.66. The summed E-state index contributed by atoms with van der Waals surface area (Å²) in [5.74, 6) is 0.246. The van der Waals surface area contributed by atoms with Crippen LogP contribution in [-0.4, -0.2) is 20.9 Å². The fourth-order valence-electron chi connectivity index (χ4n) is 3.83. The van der Waals surface area contributed by atoms with E-state index < -0.39 is 5.41 Å². The van der Waals surface area contributed by atoms with Gasteiger partial charge in [-0.1, -0.05) is 61.6 Å². The molecule has 3 aromatic rings. The first kappa shape index (κ1) is 21.6. The summed E-state index contributed by atoms with van der Waals surface area (Å²) >= 11 is 1.43. The largest absolute Gasteiger partial charge is 0.368 e. The van der Waals surface area contributed by atoms with E-state index in [2.05, 4.69) is 26.8 Å². The molecule has 3 N–H and O–H groups in total. The highest BCUT2D eigenvalue weighted by molar-refractivity contribution is 7.14. The molecule has 0 radical (unpaired) electrons. The van der Waals surface area contributed by atoms with Crippen molar-refractivity contribution in [2.24, 2.45) is 0 Å². The van der Waals surface area contributed by atoms with Crippen LogP contribution in [-0.2, 0) is 10.2 Å². The van der Waals surface area contributed by atoms with Gasteiger partial charge in [0.15, 0.2) is 5.13 Å². The van der Waals surface area contributed by atoms with Gasteiger partial charge in [0.2, 0.25) is 11.9 Å². The second-order valence-electron chi connectivity index (χ2n) is 7.67. The lowest BCUT2D eigenvalue weighted by Gasteiger charge is -2.40. The molecule has 6 nitrogen and oxygen atoms in total. The van der Waals surface area contributed by atoms with Gasteiger partial charge in [0.25, 0.3) is 0 Å². The number of allylic oxidation sites excluding steroid dienone is 5. The highest BCUT2D eigenvalue weighted by atomic mass is 32.1. The van der Waals surface area contributed by atoms with Gasteiger partial charge in [-0.25, -0.2) is 15.0 Å². The number of rotatable bonds is 7. The van der Waals surface area contributed by atoms with Crippen molar-refractivity contribution in [3.05, 3.63) is 84.2 Å². The van der Waals surface area contributed by atoms with Gasteiger partial charge in [-0.3, -0.25) is 4.79 Å². The first-order chi connectivity index (χ1) is 15.6. The van der Waals surface area contributed by atoms with Crippen molar-refractivity contribution in [2.75, 3.05) is 11.1 Å². The Morgan fingerprint density at radius 1 is 1.19 bits per heavy atom. The van der Waals surface area contributed by atoms with E-state index in [4.69, 9.17) is 5.73 Å². The van der Waals surface area contributed by atoms with Gasteiger partial charge in [-0.15, -0.1) is 11.3 Å². The molecule has 1 aliphatic carbocycles. The molecular formula is C25H25N5OS. The number of hydrogen-bond donors (Lipinski definition) is 2. The molecule has 0 bridgehead atoms. The van der Waals surface area contributed by atoms with E-state index in [0.717, 1.165) is 47.2 Å². The Kier molecular flexibility index (Phi) is 6.28. The molecule has 32 heavy (non-hydrogen) atoms. The predicted molar refractivity (Wildman–Crippen MR) is 131 cm³/mol. The van der Waals surface area contributed by atoms with Crippen molar-refractivity contribution in [2.45, 2.75) is 31.6 Å². The summed E-state index contributed by atoms with van der Waals surface area (Å²) in [7, 11) is 0. The average Bonchev–Trinajstić information content (AvgIpc) is 3.23. The summed E-state index contributed by atoms with van der Waals surface area (Å²) < 4.78 is 0. The Balaban J connectivity index is 1.52. The standard InChI is InChI=1S/C25H25N5OS/c1-3-5-7-17(4-2)21-16-32-24(29-21)30-22(31)25(12-6-13-25)20-10-8-18(9-11-20)19-14-27-23(26)28-15-19/h3-5,7-11,14-16H,1,6,12-13H2,2H3,(H2,26,27,28)(H,29,30,31)/b7-5-,17-4+. The van der Waals surface area contributed by atoms with Crippen LogP contribution >= 0.6 is 11.3 Å². The molecule has 1 fully saturated rings. The minimum Gasteiger partial charge on any atom is -0.368 e. The molecule has 7 heteroatoms. The third kappa shape index (κ3) is 4.24. The predicted octanol–water partition coefficient (Wildman–Crippen LogP) is 5.39. The van der Waals surface area contributed by atoms with Crippen molar-refractivity contribution in [1.29, 1.82) is 0 Å². The van der Waals surface area contributed by atoms with E-state index in [1.165, 1.54) is 11.3 Å². The van der Waals surface area contributed by atoms with Gasteiger partial charge in [0.05, 0.1) is 11.1 Å². The van der Waals surface area contributed by atoms with E-state index in [0.29, 0.717) is 5.13 Å². The van der Waals surface area contributed by atoms with Crippen LogP contribution in [0.4, 0.5) is 11.1 Å². The molecule has 162 valence electrons. The second kappa shape index (κ2) is 9.28. The zero-order chi connectivity index (χ0) is 22.6. The number of aromatic nitrogens is 3. The lowest BCUT2D eigenvalue weighted by atomic mass is 9.63. The number of nitrogens with two attached hydrogens (primary N) is 1. The van der Waals surface area contributed by atoms with Crippen molar-refractivity contribution in [1.82, 2.24) is 15.0 Å². The van der Waals surface area contributed by atoms with E-state index in [1.54, 1.807) is 18.5 Å². The lowest BCUT2D eigenvalue weighted by molar-refractivity contribution is -0.124. The molecular weight excluding hydrogens is 418 g/mol. The molecule has 4 rings (SSSR count). The number of thiazole rings is 1. The Morgan fingerprint density at radius 2 is 1.91 bits per heavy atom. The number of anilines is 2. The zero-order valence-electron chi connectivity index (χ0n) is 17.9. The summed E-state index contributed by atoms with van der Waals surface area (Å²) in [5.41, 5.74) is 9.77. The summed E-state index contributed by atoms with van der Waals surface area (Å²) in [6, 6.07) is 8.05. The van der Waals surface area contributed by atoms with E-state index in [9.17, 15) is 4.79 Å². The number of carbonyl (C=O) groups excluding carboxylic acids is 1. The highest BCUT2D eigenvalue weighted by Crippen LogP contribution is 2.45. The maximum absolute atomic E-state index is 13.3. The quantitative estimate of drug-likeness (QED) is 0.478. The minimum atomic E-state index is -0.520. The fraction of sp³-hybridized carbons (Fsp3) is 0.200. The fourth-order valence-corrected chi connectivity index (χ4v) is 4.54. The second-order valence-corrected chi connectivity index (χ2v) is 8.53. The van der Waals surface area contributed by atoms with Crippen LogP contribution < -0.4 is 11.1 Å². The molecule has 2 heterocycles. The molecule has 0 spiro atoms. The number of nitrogens with one attached hydrogen (secondary N) is 1. The molecule has 1 saturated carbocycles. The third-order valence-electron chi connectivity index (χ3n) is 5.83. The maximum atomic E-state index is 13.3. The molecule has 0 unspecified atom stereocenters. The first-order valence-corrected chi connectivity index (χ1v) is 11.3. The van der Waals surface area contributed by atoms with Crippen molar-refractivity contribution < 1.29 is 4.79 Å². The monoisotopic (exact) mass is 443 g/mol. The lowest BCUT2D eigenvalue weighted by Crippen LogP contribution is -2.46. The van der Waals surface area contributed by atoms with Gasteiger partial charge in [-0.05, 0) is 36.5 Å². The Bertz CT molecular complexity index is 1170. The van der Waals surface area contributed by atoms with Crippen LogP contribution in [0.3, 0.4) is 0 Å². The molecule has 2 aromatic heterocycles. The normalized spacial score (nSPS) is 15.3. The van der Waals surface area contributed by atoms with Crippen molar-refractivity contribution >= 4 is 33.9 Å². The number of nitrogens with zero attached hydrogens (tertiary/aromatic N) is 3. The zero-order valence-corrected chi connectivity index (χ0v) is 18.7. The van der Waals surface area contributed by atoms with E-state index >= 15 is 0 Å². The Morgan fingerprint density at radius 3 is 2.50 bits per heavy atom. The van der Waals surface area contributed by atoms with Crippen molar-refractivity contribution in [3.8, 4) is 11.1 Å². The third-order valence-corrected chi connectivity index (χ3v) is 6.59. The Labute approximate surface area is 191 Å². The number of hydrogen-bond acceptors (Lipinski definition) is 6. The van der Waals surface area contributed by atoms with E-state index in [1.807, 2.05) is 54.8 Å². The topological polar surface area (TPSA) is 93.8 Å². The number of benzene rings is 1. The van der Waals surface area contributed by atoms with Crippen molar-refractivity contribution in [3.63, 3.8) is 0 Å². The van der Waals surface area contributed by atoms with Crippen LogP contribution in [0, 0.1) is 0 Å². The summed E-state index contributed by atoms with van der Waals surface area (Å²) in [5, 5.41) is 5.62. The summed E-state index contributed by atoms with van der Waals surface area (Å²) in [6.07, 6.45) is 13.6. The van der Waals surface area contributed by atoms with Crippen LogP contribution in [0.1, 0.15) is 37.4 Å². The van der Waals surface area contributed by atoms with Gasteiger partial charge in [0, 0.05) is 23.3 Å². The smallest absolute Gasteiger partial charge is 0.236 e. The molecule has 0 atom stereocenters. The number of carbonyl (C=O) groups is 1. The number of nitrogen functional groups attached to an aromatic ring is 1.